The van der Waals surface area contributed by atoms with Crippen LogP contribution in [-0.4, -0.2) is 53.3 Å². The van der Waals surface area contributed by atoms with E-state index in [1.165, 1.54) is 15.9 Å². The van der Waals surface area contributed by atoms with Crippen LogP contribution in [0.3, 0.4) is 0 Å². The number of rotatable bonds is 5. The number of ether oxygens (including phenoxy) is 1. The summed E-state index contributed by atoms with van der Waals surface area (Å²) in [6, 6.07) is 7.27. The molecule has 0 saturated carbocycles. The van der Waals surface area contributed by atoms with Gasteiger partial charge in [0.1, 0.15) is 17.2 Å². The molecule has 0 unspecified atom stereocenters. The van der Waals surface area contributed by atoms with Gasteiger partial charge in [-0.15, -0.1) is 0 Å². The summed E-state index contributed by atoms with van der Waals surface area (Å²) >= 11 is 0. The number of hydrogen-bond acceptors (Lipinski definition) is 8. The molecule has 0 spiro atoms. The molecule has 0 atom stereocenters. The Hall–Kier alpha value is -4.29. The van der Waals surface area contributed by atoms with Crippen LogP contribution in [-0.2, 0) is 50.9 Å². The molecule has 1 amide bonds. The smallest absolute Gasteiger partial charge is 0.290 e. The van der Waals surface area contributed by atoms with Gasteiger partial charge in [0.15, 0.2) is 5.82 Å². The van der Waals surface area contributed by atoms with Crippen molar-refractivity contribution in [1.29, 1.82) is 0 Å². The lowest BCUT2D eigenvalue weighted by molar-refractivity contribution is 0.0801. The Kier molecular flexibility index (Phi) is 6.01. The van der Waals surface area contributed by atoms with E-state index in [0.29, 0.717) is 72.7 Å². The van der Waals surface area contributed by atoms with Gasteiger partial charge in [0, 0.05) is 49.2 Å². The van der Waals surface area contributed by atoms with Gasteiger partial charge in [-0.2, -0.15) is 10.2 Å². The Morgan fingerprint density at radius 1 is 1.07 bits per heavy atom. The first kappa shape index (κ1) is 24.7. The minimum atomic E-state index is -0.346. The topological polar surface area (TPSA) is 132 Å². The predicted octanol–water partition coefficient (Wildman–Crippen LogP) is 2.15. The van der Waals surface area contributed by atoms with E-state index in [4.69, 9.17) is 4.74 Å². The molecule has 12 heteroatoms. The van der Waals surface area contributed by atoms with E-state index in [1.54, 1.807) is 30.3 Å². The summed E-state index contributed by atoms with van der Waals surface area (Å²) in [7, 11) is 1.58. The van der Waals surface area contributed by atoms with Gasteiger partial charge >= 0.3 is 0 Å². The van der Waals surface area contributed by atoms with Crippen LogP contribution in [0.5, 0.6) is 0 Å². The summed E-state index contributed by atoms with van der Waals surface area (Å²) < 4.78 is 10.8. The highest BCUT2D eigenvalue weighted by molar-refractivity contribution is 6.06. The Labute approximate surface area is 229 Å². The molecule has 2 aliphatic heterocycles. The number of carbonyl (C=O) groups excluding carboxylic acids is 1. The lowest BCUT2D eigenvalue weighted by atomic mass is 9.98. The maximum atomic E-state index is 13.7. The maximum absolute atomic E-state index is 13.7. The number of fused-ring (bicyclic) bond motifs is 4. The van der Waals surface area contributed by atoms with E-state index in [-0.39, 0.29) is 18.1 Å². The Morgan fingerprint density at radius 3 is 2.80 bits per heavy atom. The Morgan fingerprint density at radius 2 is 1.95 bits per heavy atom. The number of pyridine rings is 1. The van der Waals surface area contributed by atoms with Gasteiger partial charge in [0.2, 0.25) is 0 Å². The molecule has 6 heterocycles. The van der Waals surface area contributed by atoms with Crippen LogP contribution in [0.25, 0.3) is 11.3 Å². The molecule has 2 N–H and O–H groups in total. The molecule has 0 saturated heterocycles. The van der Waals surface area contributed by atoms with Gasteiger partial charge in [-0.25, -0.2) is 9.67 Å². The van der Waals surface area contributed by atoms with E-state index >= 15 is 0 Å². The summed E-state index contributed by atoms with van der Waals surface area (Å²) in [4.78, 5) is 32.8. The van der Waals surface area contributed by atoms with Crippen molar-refractivity contribution in [1.82, 2.24) is 29.1 Å². The molecule has 40 heavy (non-hydrogen) atoms. The summed E-state index contributed by atoms with van der Waals surface area (Å²) in [5.74, 6) is 0.822. The second-order valence-corrected chi connectivity index (χ2v) is 10.4. The van der Waals surface area contributed by atoms with Crippen LogP contribution in [0.15, 0.2) is 35.3 Å². The normalized spacial score (nSPS) is 16.4. The molecule has 1 aliphatic carbocycles. The number of hydrogen-bond donors (Lipinski definition) is 2. The quantitative estimate of drug-likeness (QED) is 0.392. The molecule has 0 bridgehead atoms. The molecule has 12 nitrogen and oxygen atoms in total. The number of amides is 1. The zero-order valence-electron chi connectivity index (χ0n) is 22.3. The van der Waals surface area contributed by atoms with Gasteiger partial charge in [-0.05, 0) is 49.4 Å². The molecule has 3 aliphatic rings. The largest absolute Gasteiger partial charge is 0.392 e. The highest BCUT2D eigenvalue weighted by atomic mass is 16.5. The third kappa shape index (κ3) is 4.02. The molecule has 0 aromatic carbocycles. The van der Waals surface area contributed by atoms with Crippen LogP contribution in [0, 0.1) is 0 Å². The van der Waals surface area contributed by atoms with Crippen molar-refractivity contribution >= 4 is 23.2 Å². The van der Waals surface area contributed by atoms with E-state index in [9.17, 15) is 14.7 Å². The molecule has 4 aromatic rings. The average Bonchev–Trinajstić information content (AvgIpc) is 3.56. The summed E-state index contributed by atoms with van der Waals surface area (Å²) in [5, 5.41) is 22.7. The van der Waals surface area contributed by atoms with Crippen LogP contribution in [0.1, 0.15) is 45.8 Å². The van der Waals surface area contributed by atoms with Crippen molar-refractivity contribution in [2.45, 2.75) is 52.0 Å². The fourth-order valence-corrected chi connectivity index (χ4v) is 6.07. The van der Waals surface area contributed by atoms with Gasteiger partial charge in [-0.3, -0.25) is 19.2 Å². The number of anilines is 3. The third-order valence-corrected chi connectivity index (χ3v) is 8.03. The zero-order valence-corrected chi connectivity index (χ0v) is 22.3. The van der Waals surface area contributed by atoms with E-state index < -0.39 is 0 Å². The van der Waals surface area contributed by atoms with Gasteiger partial charge in [0.05, 0.1) is 37.8 Å². The Balaban J connectivity index is 1.25. The standard InChI is InChI=1S/C28H30N8O4/c1-33-27(38)22(30-25-13-18-16-40-11-10-36(18)32-25)14-21(31-33)19-6-7-29-26(20(19)15-37)35-9-8-34-23-5-3-2-4-17(23)12-24(34)28(35)39/h6-7,12-14,37H,2-5,8-11,15-16H2,1H3,(H,30,32). The number of nitrogens with one attached hydrogen (secondary N) is 1. The summed E-state index contributed by atoms with van der Waals surface area (Å²) in [6.07, 6.45) is 5.91. The third-order valence-electron chi connectivity index (χ3n) is 8.03. The molecule has 0 fully saturated rings. The minimum absolute atomic E-state index is 0.122. The van der Waals surface area contributed by atoms with Crippen LogP contribution in [0.2, 0.25) is 0 Å². The van der Waals surface area contributed by atoms with Crippen LogP contribution < -0.4 is 15.8 Å². The molecule has 206 valence electrons. The predicted molar refractivity (Wildman–Crippen MR) is 147 cm³/mol. The van der Waals surface area contributed by atoms with Crippen LogP contribution in [0.4, 0.5) is 17.3 Å². The molecule has 0 radical (unpaired) electrons. The number of aliphatic hydroxyl groups excluding tert-OH is 1. The first-order chi connectivity index (χ1) is 19.5. The summed E-state index contributed by atoms with van der Waals surface area (Å²) in [6.45, 7) is 2.51. The number of aliphatic hydroxyl groups is 1. The zero-order chi connectivity index (χ0) is 27.4. The van der Waals surface area contributed by atoms with Crippen molar-refractivity contribution in [3.8, 4) is 11.3 Å². The SMILES string of the molecule is Cn1nc(-c2ccnc(N3CCn4c(cc5c4CCCC5)C3=O)c2CO)cc(Nc2cc3n(n2)CCOC3)c1=O. The fourth-order valence-electron chi connectivity index (χ4n) is 6.07. The first-order valence-corrected chi connectivity index (χ1v) is 13.6. The lowest BCUT2D eigenvalue weighted by Gasteiger charge is -2.30. The monoisotopic (exact) mass is 542 g/mol. The molecular formula is C28H30N8O4. The van der Waals surface area contributed by atoms with Gasteiger partial charge < -0.3 is 19.7 Å². The number of aromatic nitrogens is 6. The van der Waals surface area contributed by atoms with Crippen molar-refractivity contribution in [2.24, 2.45) is 7.05 Å². The first-order valence-electron chi connectivity index (χ1n) is 13.6. The highest BCUT2D eigenvalue weighted by Crippen LogP contribution is 2.34. The van der Waals surface area contributed by atoms with Crippen LogP contribution >= 0.6 is 0 Å². The van der Waals surface area contributed by atoms with Crippen molar-refractivity contribution < 1.29 is 14.6 Å². The second kappa shape index (κ2) is 9.72. The average molecular weight is 543 g/mol. The van der Waals surface area contributed by atoms with E-state index in [2.05, 4.69) is 25.1 Å². The fraction of sp³-hybridized carbons (Fsp3) is 0.393. The number of nitrogens with zero attached hydrogens (tertiary/aromatic N) is 7. The Bertz CT molecular complexity index is 1680. The van der Waals surface area contributed by atoms with Crippen molar-refractivity contribution in [2.75, 3.05) is 23.4 Å². The molecule has 4 aromatic heterocycles. The number of aryl methyl sites for hydroxylation is 2. The molecular weight excluding hydrogens is 512 g/mol. The maximum Gasteiger partial charge on any atom is 0.290 e. The highest BCUT2D eigenvalue weighted by Gasteiger charge is 2.32. The number of carbonyl (C=O) groups is 1. The van der Waals surface area contributed by atoms with E-state index in [0.717, 1.165) is 31.4 Å². The van der Waals surface area contributed by atoms with Crippen molar-refractivity contribution in [3.05, 3.63) is 69.0 Å². The molecule has 7 rings (SSSR count). The van der Waals surface area contributed by atoms with Gasteiger partial charge in [0.25, 0.3) is 11.5 Å². The van der Waals surface area contributed by atoms with Gasteiger partial charge in [-0.1, -0.05) is 0 Å². The summed E-state index contributed by atoms with van der Waals surface area (Å²) in [5.41, 5.74) is 5.66. The lowest BCUT2D eigenvalue weighted by Crippen LogP contribution is -2.41. The van der Waals surface area contributed by atoms with Crippen molar-refractivity contribution in [3.63, 3.8) is 0 Å². The second-order valence-electron chi connectivity index (χ2n) is 10.4. The minimum Gasteiger partial charge on any atom is -0.392 e. The van der Waals surface area contributed by atoms with E-state index in [1.807, 2.05) is 16.8 Å².